The number of aromatic nitrogens is 3. The normalized spacial score (nSPS) is 10.7. The third kappa shape index (κ3) is 1.59. The van der Waals surface area contributed by atoms with E-state index in [2.05, 4.69) is 40.5 Å². The van der Waals surface area contributed by atoms with Gasteiger partial charge < -0.3 is 0 Å². The van der Waals surface area contributed by atoms with E-state index in [-0.39, 0.29) is 0 Å². The Morgan fingerprint density at radius 3 is 2.67 bits per heavy atom. The van der Waals surface area contributed by atoms with E-state index in [0.29, 0.717) is 5.69 Å². The van der Waals surface area contributed by atoms with Crippen LogP contribution in [-0.4, -0.2) is 14.5 Å². The number of hydrogen-bond donors (Lipinski definition) is 0. The Morgan fingerprint density at radius 2 is 2.00 bits per heavy atom. The van der Waals surface area contributed by atoms with E-state index in [1.54, 1.807) is 23.6 Å². The fourth-order valence-electron chi connectivity index (χ4n) is 1.95. The minimum Gasteiger partial charge on any atom is -0.295 e. The van der Waals surface area contributed by atoms with E-state index in [1.807, 2.05) is 6.07 Å². The molecule has 0 saturated heterocycles. The molecule has 0 N–H and O–H groups in total. The molecule has 0 aliphatic heterocycles. The smallest absolute Gasteiger partial charge is 0.195 e. The summed E-state index contributed by atoms with van der Waals surface area (Å²) < 4.78 is 3.10. The molecule has 0 fully saturated rings. The average Bonchev–Trinajstić information content (AvgIpc) is 2.91. The van der Waals surface area contributed by atoms with Crippen molar-refractivity contribution < 1.29 is 0 Å². The Morgan fingerprint density at radius 1 is 1.28 bits per heavy atom. The molecule has 0 amide bonds. The van der Waals surface area contributed by atoms with Crippen molar-refractivity contribution in [1.29, 1.82) is 5.26 Å². The molecule has 0 spiro atoms. The van der Waals surface area contributed by atoms with Crippen LogP contribution in [0.15, 0.2) is 24.4 Å². The minimum atomic E-state index is 0.429. The van der Waals surface area contributed by atoms with Crippen LogP contribution in [0.3, 0.4) is 0 Å². The number of thiazole rings is 1. The fourth-order valence-corrected chi connectivity index (χ4v) is 3.04. The van der Waals surface area contributed by atoms with Crippen molar-refractivity contribution in [2.24, 2.45) is 0 Å². The molecule has 18 heavy (non-hydrogen) atoms. The molecule has 88 valence electrons. The summed E-state index contributed by atoms with van der Waals surface area (Å²) in [6, 6.07) is 7.97. The largest absolute Gasteiger partial charge is 0.295 e. The van der Waals surface area contributed by atoms with Crippen molar-refractivity contribution in [2.45, 2.75) is 13.8 Å². The van der Waals surface area contributed by atoms with Crippen LogP contribution >= 0.6 is 11.3 Å². The molecule has 3 rings (SSSR count). The van der Waals surface area contributed by atoms with Crippen LogP contribution in [0.25, 0.3) is 15.3 Å². The number of fused-ring (bicyclic) bond motifs is 1. The molecule has 3 aromatic heterocycles. The first-order valence-corrected chi connectivity index (χ1v) is 6.32. The van der Waals surface area contributed by atoms with E-state index in [1.165, 1.54) is 0 Å². The first-order valence-electron chi connectivity index (χ1n) is 5.51. The predicted octanol–water partition coefficient (Wildman–Crippen LogP) is 2.97. The highest BCUT2D eigenvalue weighted by molar-refractivity contribution is 7.20. The highest BCUT2D eigenvalue weighted by atomic mass is 32.1. The maximum atomic E-state index is 8.84. The van der Waals surface area contributed by atoms with Crippen molar-refractivity contribution >= 4 is 21.6 Å². The SMILES string of the molecule is Cc1ccc(C)n1-c1nc2cnc(C#N)cc2s1. The summed E-state index contributed by atoms with van der Waals surface area (Å²) in [5.74, 6) is 0. The van der Waals surface area contributed by atoms with E-state index in [9.17, 15) is 0 Å². The Kier molecular flexibility index (Phi) is 2.39. The van der Waals surface area contributed by atoms with Crippen molar-refractivity contribution in [2.75, 3.05) is 0 Å². The molecular weight excluding hydrogens is 244 g/mol. The standard InChI is InChI=1S/C13H10N4S/c1-8-3-4-9(2)17(8)13-16-11-7-15-10(6-14)5-12(11)18-13/h3-5,7H,1-2H3. The van der Waals surface area contributed by atoms with Crippen LogP contribution in [0.5, 0.6) is 0 Å². The van der Waals surface area contributed by atoms with Crippen LogP contribution in [0.2, 0.25) is 0 Å². The molecule has 0 aromatic carbocycles. The topological polar surface area (TPSA) is 54.5 Å². The monoisotopic (exact) mass is 254 g/mol. The molecule has 0 aliphatic rings. The molecule has 3 aromatic rings. The van der Waals surface area contributed by atoms with Gasteiger partial charge in [-0.05, 0) is 32.0 Å². The molecule has 0 unspecified atom stereocenters. The highest BCUT2D eigenvalue weighted by Gasteiger charge is 2.10. The number of nitriles is 1. The van der Waals surface area contributed by atoms with Gasteiger partial charge in [0.15, 0.2) is 5.13 Å². The van der Waals surface area contributed by atoms with Gasteiger partial charge in [0.1, 0.15) is 17.3 Å². The molecule has 0 radical (unpaired) electrons. The lowest BCUT2D eigenvalue weighted by Crippen LogP contribution is -1.97. The first kappa shape index (κ1) is 10.9. The number of pyridine rings is 1. The second-order valence-electron chi connectivity index (χ2n) is 4.10. The quantitative estimate of drug-likeness (QED) is 0.670. The Labute approximate surface area is 108 Å². The number of rotatable bonds is 1. The van der Waals surface area contributed by atoms with E-state index < -0.39 is 0 Å². The summed E-state index contributed by atoms with van der Waals surface area (Å²) in [6.07, 6.45) is 1.65. The van der Waals surface area contributed by atoms with Gasteiger partial charge in [0.05, 0.1) is 10.9 Å². The second kappa shape index (κ2) is 3.93. The maximum absolute atomic E-state index is 8.84. The summed E-state index contributed by atoms with van der Waals surface area (Å²) >= 11 is 1.57. The third-order valence-corrected chi connectivity index (χ3v) is 3.84. The molecule has 0 bridgehead atoms. The zero-order valence-electron chi connectivity index (χ0n) is 10.0. The van der Waals surface area contributed by atoms with Gasteiger partial charge in [-0.3, -0.25) is 4.57 Å². The zero-order valence-corrected chi connectivity index (χ0v) is 10.8. The molecule has 3 heterocycles. The van der Waals surface area contributed by atoms with Crippen LogP contribution in [-0.2, 0) is 0 Å². The van der Waals surface area contributed by atoms with E-state index >= 15 is 0 Å². The summed E-state index contributed by atoms with van der Waals surface area (Å²) in [5, 5.41) is 9.76. The number of aryl methyl sites for hydroxylation is 2. The van der Waals surface area contributed by atoms with Gasteiger partial charge in [0.25, 0.3) is 0 Å². The Bertz CT molecular complexity index is 756. The third-order valence-electron chi connectivity index (χ3n) is 2.84. The van der Waals surface area contributed by atoms with Gasteiger partial charge in [-0.15, -0.1) is 0 Å². The van der Waals surface area contributed by atoms with Crippen molar-refractivity contribution in [3.8, 4) is 11.2 Å². The lowest BCUT2D eigenvalue weighted by Gasteiger charge is -2.03. The van der Waals surface area contributed by atoms with Crippen LogP contribution in [0, 0.1) is 25.2 Å². The predicted molar refractivity (Wildman–Crippen MR) is 70.9 cm³/mol. The minimum absolute atomic E-state index is 0.429. The molecule has 0 saturated carbocycles. The number of hydrogen-bond acceptors (Lipinski definition) is 4. The Hall–Kier alpha value is -2.19. The summed E-state index contributed by atoms with van der Waals surface area (Å²) in [7, 11) is 0. The van der Waals surface area contributed by atoms with Gasteiger partial charge in [-0.25, -0.2) is 9.97 Å². The molecular formula is C13H10N4S. The average molecular weight is 254 g/mol. The van der Waals surface area contributed by atoms with Crippen LogP contribution < -0.4 is 0 Å². The number of nitrogens with zero attached hydrogens (tertiary/aromatic N) is 4. The van der Waals surface area contributed by atoms with Crippen LogP contribution in [0.4, 0.5) is 0 Å². The lowest BCUT2D eigenvalue weighted by molar-refractivity contribution is 0.955. The van der Waals surface area contributed by atoms with Crippen molar-refractivity contribution in [3.63, 3.8) is 0 Å². The van der Waals surface area contributed by atoms with Crippen LogP contribution in [0.1, 0.15) is 17.1 Å². The molecule has 5 heteroatoms. The van der Waals surface area contributed by atoms with Gasteiger partial charge in [0, 0.05) is 11.4 Å². The molecule has 0 atom stereocenters. The van der Waals surface area contributed by atoms with Crippen molar-refractivity contribution in [1.82, 2.24) is 14.5 Å². The fraction of sp³-hybridized carbons (Fsp3) is 0.154. The Balaban J connectivity index is 2.23. The highest BCUT2D eigenvalue weighted by Crippen LogP contribution is 2.27. The van der Waals surface area contributed by atoms with E-state index in [4.69, 9.17) is 5.26 Å². The van der Waals surface area contributed by atoms with Gasteiger partial charge in [-0.2, -0.15) is 5.26 Å². The summed E-state index contributed by atoms with van der Waals surface area (Å²) in [6.45, 7) is 4.11. The van der Waals surface area contributed by atoms with Gasteiger partial charge >= 0.3 is 0 Å². The van der Waals surface area contributed by atoms with Crippen molar-refractivity contribution in [3.05, 3.63) is 41.5 Å². The zero-order chi connectivity index (χ0) is 12.7. The summed E-state index contributed by atoms with van der Waals surface area (Å²) in [5.41, 5.74) is 3.57. The lowest BCUT2D eigenvalue weighted by atomic mass is 10.3. The maximum Gasteiger partial charge on any atom is 0.195 e. The van der Waals surface area contributed by atoms with Gasteiger partial charge in [-0.1, -0.05) is 11.3 Å². The summed E-state index contributed by atoms with van der Waals surface area (Å²) in [4.78, 5) is 8.60. The molecule has 0 aliphatic carbocycles. The van der Waals surface area contributed by atoms with E-state index in [0.717, 1.165) is 26.7 Å². The molecule has 4 nitrogen and oxygen atoms in total. The van der Waals surface area contributed by atoms with Gasteiger partial charge in [0.2, 0.25) is 0 Å². The second-order valence-corrected chi connectivity index (χ2v) is 5.11. The first-order chi connectivity index (χ1) is 8.69.